The molecule has 7 heteroatoms. The van der Waals surface area contributed by atoms with Gasteiger partial charge in [0.25, 0.3) is 11.8 Å². The third kappa shape index (κ3) is 6.97. The Morgan fingerprint density at radius 2 is 1.72 bits per heavy atom. The minimum absolute atomic E-state index is 0.0513. The second kappa shape index (κ2) is 12.2. The summed E-state index contributed by atoms with van der Waals surface area (Å²) in [6.45, 7) is 7.81. The van der Waals surface area contributed by atoms with Crippen LogP contribution in [0.5, 0.6) is 11.5 Å². The summed E-state index contributed by atoms with van der Waals surface area (Å²) in [5.41, 5.74) is 4.90. The number of aryl methyl sites for hydroxylation is 2. The van der Waals surface area contributed by atoms with Crippen LogP contribution in [0.15, 0.2) is 66.2 Å². The molecule has 184 valence electrons. The normalized spacial score (nSPS) is 10.8. The smallest absolute Gasteiger partial charge is 0.266 e. The van der Waals surface area contributed by atoms with E-state index in [0.29, 0.717) is 35.0 Å². The molecule has 3 aromatic rings. The van der Waals surface area contributed by atoms with Crippen molar-refractivity contribution in [1.29, 1.82) is 5.26 Å². The van der Waals surface area contributed by atoms with Crippen LogP contribution in [0.1, 0.15) is 29.2 Å². The fourth-order valence-electron chi connectivity index (χ4n) is 3.46. The highest BCUT2D eigenvalue weighted by Crippen LogP contribution is 2.30. The van der Waals surface area contributed by atoms with Crippen LogP contribution in [-0.2, 0) is 9.59 Å². The van der Waals surface area contributed by atoms with Crippen LogP contribution in [0.25, 0.3) is 6.08 Å². The van der Waals surface area contributed by atoms with Crippen LogP contribution in [0.2, 0.25) is 0 Å². The maximum absolute atomic E-state index is 12.7. The van der Waals surface area contributed by atoms with Crippen molar-refractivity contribution in [3.05, 3.63) is 88.5 Å². The summed E-state index contributed by atoms with van der Waals surface area (Å²) in [6.07, 6.45) is 1.48. The SMILES string of the molecule is CCOc1cc(C=C(C#N)C(=O)Nc2cccc(C)c2C)ccc1OCC(=O)Nc1cccc(C)c1. The van der Waals surface area contributed by atoms with Crippen molar-refractivity contribution in [3.8, 4) is 17.6 Å². The first-order valence-corrected chi connectivity index (χ1v) is 11.6. The number of carbonyl (C=O) groups is 2. The van der Waals surface area contributed by atoms with Gasteiger partial charge >= 0.3 is 0 Å². The molecule has 0 spiro atoms. The van der Waals surface area contributed by atoms with E-state index >= 15 is 0 Å². The predicted octanol–water partition coefficient (Wildman–Crippen LogP) is 5.57. The van der Waals surface area contributed by atoms with Crippen LogP contribution in [0, 0.1) is 32.1 Å². The van der Waals surface area contributed by atoms with E-state index in [-0.39, 0.29) is 18.1 Å². The molecule has 0 aliphatic carbocycles. The molecule has 0 radical (unpaired) electrons. The third-order valence-corrected chi connectivity index (χ3v) is 5.46. The van der Waals surface area contributed by atoms with E-state index in [1.165, 1.54) is 6.08 Å². The van der Waals surface area contributed by atoms with E-state index in [1.807, 2.05) is 64.1 Å². The van der Waals surface area contributed by atoms with Gasteiger partial charge in [-0.25, -0.2) is 0 Å². The van der Waals surface area contributed by atoms with Crippen molar-refractivity contribution in [1.82, 2.24) is 0 Å². The Bertz CT molecular complexity index is 1340. The number of nitrogens with one attached hydrogen (secondary N) is 2. The van der Waals surface area contributed by atoms with E-state index < -0.39 is 5.91 Å². The van der Waals surface area contributed by atoms with Crippen LogP contribution >= 0.6 is 0 Å². The number of nitrogens with zero attached hydrogens (tertiary/aromatic N) is 1. The number of benzene rings is 3. The van der Waals surface area contributed by atoms with E-state index in [1.54, 1.807) is 30.3 Å². The molecule has 3 rings (SSSR count). The molecule has 2 N–H and O–H groups in total. The molecule has 0 saturated heterocycles. The zero-order chi connectivity index (χ0) is 26.1. The van der Waals surface area contributed by atoms with E-state index in [0.717, 1.165) is 16.7 Å². The number of hydrogen-bond donors (Lipinski definition) is 2. The van der Waals surface area contributed by atoms with Crippen molar-refractivity contribution in [2.75, 3.05) is 23.8 Å². The summed E-state index contributed by atoms with van der Waals surface area (Å²) < 4.78 is 11.4. The van der Waals surface area contributed by atoms with E-state index in [2.05, 4.69) is 10.6 Å². The third-order valence-electron chi connectivity index (χ3n) is 5.46. The highest BCUT2D eigenvalue weighted by molar-refractivity contribution is 6.10. The summed E-state index contributed by atoms with van der Waals surface area (Å²) in [4.78, 5) is 25.1. The summed E-state index contributed by atoms with van der Waals surface area (Å²) in [6, 6.07) is 20.1. The minimum Gasteiger partial charge on any atom is -0.490 e. The maximum atomic E-state index is 12.7. The number of carbonyl (C=O) groups excluding carboxylic acids is 2. The van der Waals surface area contributed by atoms with Crippen molar-refractivity contribution in [3.63, 3.8) is 0 Å². The van der Waals surface area contributed by atoms with Gasteiger partial charge < -0.3 is 20.1 Å². The van der Waals surface area contributed by atoms with Gasteiger partial charge in [0.2, 0.25) is 0 Å². The van der Waals surface area contributed by atoms with Crippen molar-refractivity contribution in [2.24, 2.45) is 0 Å². The monoisotopic (exact) mass is 483 g/mol. The summed E-state index contributed by atoms with van der Waals surface area (Å²) in [5.74, 6) is -0.0206. The lowest BCUT2D eigenvalue weighted by atomic mass is 10.1. The lowest BCUT2D eigenvalue weighted by Crippen LogP contribution is -2.20. The minimum atomic E-state index is -0.502. The first-order chi connectivity index (χ1) is 17.3. The lowest BCUT2D eigenvalue weighted by Gasteiger charge is -2.13. The van der Waals surface area contributed by atoms with Crippen LogP contribution in [0.4, 0.5) is 11.4 Å². The predicted molar refractivity (Wildman–Crippen MR) is 141 cm³/mol. The molecule has 0 aliphatic heterocycles. The van der Waals surface area contributed by atoms with Crippen LogP contribution < -0.4 is 20.1 Å². The average molecular weight is 484 g/mol. The van der Waals surface area contributed by atoms with Gasteiger partial charge in [0.05, 0.1) is 6.61 Å². The van der Waals surface area contributed by atoms with Crippen LogP contribution in [0.3, 0.4) is 0 Å². The van der Waals surface area contributed by atoms with Gasteiger partial charge in [-0.3, -0.25) is 9.59 Å². The zero-order valence-corrected chi connectivity index (χ0v) is 20.8. The molecule has 2 amide bonds. The molecule has 7 nitrogen and oxygen atoms in total. The summed E-state index contributed by atoms with van der Waals surface area (Å²) >= 11 is 0. The second-order valence-electron chi connectivity index (χ2n) is 8.22. The standard InChI is InChI=1S/C29H29N3O4/c1-5-35-27-16-22(15-23(17-30)29(34)32-25-11-7-9-20(3)21(25)4)12-13-26(27)36-18-28(33)31-24-10-6-8-19(2)14-24/h6-16H,5,18H2,1-4H3,(H,31,33)(H,32,34). The number of hydrogen-bond acceptors (Lipinski definition) is 5. The number of amides is 2. The molecular weight excluding hydrogens is 454 g/mol. The van der Waals surface area contributed by atoms with Gasteiger partial charge in [-0.1, -0.05) is 30.3 Å². The Hall–Kier alpha value is -4.57. The Morgan fingerprint density at radius 3 is 2.44 bits per heavy atom. The van der Waals surface area contributed by atoms with Gasteiger partial charge in [-0.05, 0) is 86.4 Å². The molecule has 0 aliphatic rings. The number of rotatable bonds is 9. The first kappa shape index (κ1) is 26.0. The largest absolute Gasteiger partial charge is 0.490 e. The van der Waals surface area contributed by atoms with Gasteiger partial charge in [0.1, 0.15) is 11.6 Å². The van der Waals surface area contributed by atoms with E-state index in [9.17, 15) is 14.9 Å². The zero-order valence-electron chi connectivity index (χ0n) is 20.8. The molecule has 0 aromatic heterocycles. The van der Waals surface area contributed by atoms with Crippen molar-refractivity contribution in [2.45, 2.75) is 27.7 Å². The molecule has 0 fully saturated rings. The highest BCUT2D eigenvalue weighted by Gasteiger charge is 2.14. The van der Waals surface area contributed by atoms with Gasteiger partial charge in [-0.15, -0.1) is 0 Å². The average Bonchev–Trinajstić information content (AvgIpc) is 2.85. The van der Waals surface area contributed by atoms with Gasteiger partial charge in [0, 0.05) is 11.4 Å². The second-order valence-corrected chi connectivity index (χ2v) is 8.22. The molecule has 0 bridgehead atoms. The molecule has 0 atom stereocenters. The molecule has 0 unspecified atom stereocenters. The highest BCUT2D eigenvalue weighted by atomic mass is 16.5. The number of ether oxygens (including phenoxy) is 2. The Kier molecular flexibility index (Phi) is 8.84. The molecular formula is C29H29N3O4. The Morgan fingerprint density at radius 1 is 0.944 bits per heavy atom. The molecule has 0 heterocycles. The summed E-state index contributed by atoms with van der Waals surface area (Å²) in [5, 5.41) is 15.2. The van der Waals surface area contributed by atoms with Crippen molar-refractivity contribution >= 4 is 29.3 Å². The topological polar surface area (TPSA) is 100 Å². The quantitative estimate of drug-likeness (QED) is 0.306. The Balaban J connectivity index is 1.73. The molecule has 36 heavy (non-hydrogen) atoms. The van der Waals surface area contributed by atoms with Crippen molar-refractivity contribution < 1.29 is 19.1 Å². The summed E-state index contributed by atoms with van der Waals surface area (Å²) in [7, 11) is 0. The molecule has 0 saturated carbocycles. The number of nitriles is 1. The molecule has 3 aromatic carbocycles. The van der Waals surface area contributed by atoms with E-state index in [4.69, 9.17) is 9.47 Å². The lowest BCUT2D eigenvalue weighted by molar-refractivity contribution is -0.118. The van der Waals surface area contributed by atoms with Crippen LogP contribution in [-0.4, -0.2) is 25.0 Å². The Labute approximate surface area is 211 Å². The fraction of sp³-hybridized carbons (Fsp3) is 0.207. The van der Waals surface area contributed by atoms with Gasteiger partial charge in [0.15, 0.2) is 18.1 Å². The first-order valence-electron chi connectivity index (χ1n) is 11.6. The maximum Gasteiger partial charge on any atom is 0.266 e. The van der Waals surface area contributed by atoms with Gasteiger partial charge in [-0.2, -0.15) is 5.26 Å². The number of anilines is 2. The fourth-order valence-corrected chi connectivity index (χ4v) is 3.46.